The Balaban J connectivity index is 1.82. The van der Waals surface area contributed by atoms with Crippen molar-refractivity contribution in [1.82, 2.24) is 9.29 Å². The van der Waals surface area contributed by atoms with E-state index in [0.29, 0.717) is 16.4 Å². The van der Waals surface area contributed by atoms with E-state index in [2.05, 4.69) is 10.3 Å². The van der Waals surface area contributed by atoms with Crippen molar-refractivity contribution >= 4 is 32.4 Å². The number of hydrogen-bond donors (Lipinski definition) is 1. The van der Waals surface area contributed by atoms with Crippen LogP contribution in [-0.2, 0) is 27.8 Å². The number of nitrogens with zero attached hydrogens (tertiary/aromatic N) is 2. The number of carbonyl (C=O) groups excluding carboxylic acids is 1. The summed E-state index contributed by atoms with van der Waals surface area (Å²) in [5.74, 6) is -0.368. The zero-order chi connectivity index (χ0) is 22.3. The molecule has 0 bridgehead atoms. The molecule has 0 aliphatic carbocycles. The first-order chi connectivity index (χ1) is 14.7. The molecule has 31 heavy (non-hydrogen) atoms. The average Bonchev–Trinajstić information content (AvgIpc) is 3.24. The molecule has 6 nitrogen and oxygen atoms in total. The molecule has 1 aromatic heterocycles. The molecule has 1 aliphatic rings. The van der Waals surface area contributed by atoms with Gasteiger partial charge in [-0.15, -0.1) is 11.3 Å². The lowest BCUT2D eigenvalue weighted by atomic mass is 9.95. The lowest BCUT2D eigenvalue weighted by Crippen LogP contribution is -2.50. The number of carbonyl (C=O) groups is 1. The van der Waals surface area contributed by atoms with Crippen molar-refractivity contribution in [3.8, 4) is 0 Å². The largest absolute Gasteiger partial charge is 0.301 e. The molecule has 1 aliphatic heterocycles. The number of benzene rings is 2. The maximum atomic E-state index is 14.0. The predicted octanol–water partition coefficient (Wildman–Crippen LogP) is 4.13. The number of fused-ring (bicyclic) bond motifs is 1. The van der Waals surface area contributed by atoms with Gasteiger partial charge in [-0.25, -0.2) is 13.4 Å². The van der Waals surface area contributed by atoms with Crippen LogP contribution in [0.15, 0.2) is 46.8 Å². The molecule has 3 aromatic rings. The van der Waals surface area contributed by atoms with Crippen LogP contribution in [0.3, 0.4) is 0 Å². The molecule has 0 saturated carbocycles. The summed E-state index contributed by atoms with van der Waals surface area (Å²) >= 11 is 1.30. The fourth-order valence-corrected chi connectivity index (χ4v) is 6.81. The highest BCUT2D eigenvalue weighted by molar-refractivity contribution is 7.89. The Morgan fingerprint density at radius 3 is 2.35 bits per heavy atom. The molecular weight excluding hydrogens is 430 g/mol. The van der Waals surface area contributed by atoms with E-state index in [1.807, 2.05) is 58.0 Å². The highest BCUT2D eigenvalue weighted by atomic mass is 32.2. The van der Waals surface area contributed by atoms with Gasteiger partial charge < -0.3 is 5.32 Å². The molecule has 2 heterocycles. The third-order valence-corrected chi connectivity index (χ3v) is 8.85. The van der Waals surface area contributed by atoms with Crippen molar-refractivity contribution < 1.29 is 13.2 Å². The summed E-state index contributed by atoms with van der Waals surface area (Å²) in [5, 5.41) is 5.02. The fourth-order valence-electron chi connectivity index (χ4n) is 4.13. The number of aromatic nitrogens is 1. The quantitative estimate of drug-likeness (QED) is 0.642. The first-order valence-corrected chi connectivity index (χ1v) is 12.4. The van der Waals surface area contributed by atoms with Crippen LogP contribution < -0.4 is 5.32 Å². The Morgan fingerprint density at radius 2 is 1.74 bits per heavy atom. The van der Waals surface area contributed by atoms with Gasteiger partial charge in [0.05, 0.1) is 4.90 Å². The molecule has 8 heteroatoms. The Hall–Kier alpha value is -2.55. The van der Waals surface area contributed by atoms with Crippen LogP contribution in [0.2, 0.25) is 0 Å². The lowest BCUT2D eigenvalue weighted by Gasteiger charge is -2.35. The molecular formula is C23H25N3O3S2. The summed E-state index contributed by atoms with van der Waals surface area (Å²) in [5.41, 5.74) is 5.19. The molecule has 4 rings (SSSR count). The van der Waals surface area contributed by atoms with Crippen LogP contribution in [0.25, 0.3) is 0 Å². The maximum absolute atomic E-state index is 14.0. The predicted molar refractivity (Wildman–Crippen MR) is 123 cm³/mol. The summed E-state index contributed by atoms with van der Waals surface area (Å²) in [6.07, 6.45) is 1.92. The van der Waals surface area contributed by atoms with Crippen molar-refractivity contribution in [1.29, 1.82) is 0 Å². The first-order valence-electron chi connectivity index (χ1n) is 10.1. The Labute approximate surface area is 187 Å². The van der Waals surface area contributed by atoms with Crippen molar-refractivity contribution in [3.63, 3.8) is 0 Å². The van der Waals surface area contributed by atoms with Crippen LogP contribution >= 0.6 is 11.3 Å². The minimum Gasteiger partial charge on any atom is -0.301 e. The van der Waals surface area contributed by atoms with E-state index in [1.165, 1.54) is 15.6 Å². The third-order valence-electron chi connectivity index (χ3n) is 6.03. The monoisotopic (exact) mass is 455 g/mol. The summed E-state index contributed by atoms with van der Waals surface area (Å²) in [6, 6.07) is 8.83. The summed E-state index contributed by atoms with van der Waals surface area (Å²) in [7, 11) is -3.93. The minimum absolute atomic E-state index is 0.153. The molecule has 2 aromatic carbocycles. The first kappa shape index (κ1) is 21.7. The zero-order valence-electron chi connectivity index (χ0n) is 18.0. The van der Waals surface area contributed by atoms with Gasteiger partial charge in [0.1, 0.15) is 6.04 Å². The van der Waals surface area contributed by atoms with E-state index in [-0.39, 0.29) is 12.5 Å². The van der Waals surface area contributed by atoms with E-state index in [1.54, 1.807) is 11.6 Å². The van der Waals surface area contributed by atoms with E-state index < -0.39 is 16.1 Å². The number of thiazole rings is 1. The topological polar surface area (TPSA) is 79.4 Å². The third kappa shape index (κ3) is 3.91. The van der Waals surface area contributed by atoms with Gasteiger partial charge in [-0.1, -0.05) is 30.3 Å². The highest BCUT2D eigenvalue weighted by Gasteiger charge is 2.41. The number of rotatable bonds is 4. The van der Waals surface area contributed by atoms with Gasteiger partial charge in [0.2, 0.25) is 15.9 Å². The maximum Gasteiger partial charge on any atom is 0.244 e. The molecule has 0 saturated heterocycles. The van der Waals surface area contributed by atoms with Gasteiger partial charge in [0.15, 0.2) is 5.13 Å². The van der Waals surface area contributed by atoms with Crippen molar-refractivity contribution in [2.75, 3.05) is 5.32 Å². The second-order valence-corrected chi connectivity index (χ2v) is 10.7. The second kappa shape index (κ2) is 8.18. The standard InChI is InChI=1S/C23H25N3O3S2/c1-14-11-15(2)17(4)21(16(14)3)31(28,29)26-13-19-8-6-5-7-18(19)12-20(26)22(27)25-23-24-9-10-30-23/h5-11,20H,12-13H2,1-4H3,(H,24,25,27)/t20-/m1/s1. The average molecular weight is 456 g/mol. The van der Waals surface area contributed by atoms with Gasteiger partial charge in [0.25, 0.3) is 0 Å². The number of sulfonamides is 1. The zero-order valence-corrected chi connectivity index (χ0v) is 19.6. The smallest absolute Gasteiger partial charge is 0.244 e. The molecule has 1 N–H and O–H groups in total. The number of hydrogen-bond acceptors (Lipinski definition) is 5. The lowest BCUT2D eigenvalue weighted by molar-refractivity contribution is -0.120. The van der Waals surface area contributed by atoms with Crippen LogP contribution in [0.1, 0.15) is 33.4 Å². The van der Waals surface area contributed by atoms with Gasteiger partial charge in [-0.3, -0.25) is 4.79 Å². The summed E-state index contributed by atoms with van der Waals surface area (Å²) in [4.78, 5) is 17.6. The molecule has 162 valence electrons. The summed E-state index contributed by atoms with van der Waals surface area (Å²) in [6.45, 7) is 7.65. The number of aryl methyl sites for hydroxylation is 2. The van der Waals surface area contributed by atoms with E-state index in [4.69, 9.17) is 0 Å². The molecule has 0 unspecified atom stereocenters. The van der Waals surface area contributed by atoms with Crippen LogP contribution in [-0.4, -0.2) is 29.7 Å². The number of anilines is 1. The van der Waals surface area contributed by atoms with Crippen molar-refractivity contribution in [2.24, 2.45) is 0 Å². The number of nitrogens with one attached hydrogen (secondary N) is 1. The molecule has 0 radical (unpaired) electrons. The van der Waals surface area contributed by atoms with E-state index >= 15 is 0 Å². The van der Waals surface area contributed by atoms with Gasteiger partial charge in [0, 0.05) is 18.1 Å². The van der Waals surface area contributed by atoms with Gasteiger partial charge >= 0.3 is 0 Å². The van der Waals surface area contributed by atoms with E-state index in [9.17, 15) is 13.2 Å². The second-order valence-electron chi connectivity index (χ2n) is 7.95. The Kier molecular flexibility index (Phi) is 5.72. The normalized spacial score (nSPS) is 16.7. The van der Waals surface area contributed by atoms with Crippen LogP contribution in [0.5, 0.6) is 0 Å². The molecule has 0 spiro atoms. The Morgan fingerprint density at radius 1 is 1.10 bits per heavy atom. The minimum atomic E-state index is -3.93. The van der Waals surface area contributed by atoms with E-state index in [0.717, 1.165) is 33.4 Å². The summed E-state index contributed by atoms with van der Waals surface area (Å²) < 4.78 is 29.3. The fraction of sp³-hybridized carbons (Fsp3) is 0.304. The molecule has 0 fully saturated rings. The number of amides is 1. The van der Waals surface area contributed by atoms with Crippen LogP contribution in [0, 0.1) is 27.7 Å². The van der Waals surface area contributed by atoms with Crippen molar-refractivity contribution in [2.45, 2.75) is 51.6 Å². The Bertz CT molecular complexity index is 1230. The van der Waals surface area contributed by atoms with Crippen LogP contribution in [0.4, 0.5) is 5.13 Å². The van der Waals surface area contributed by atoms with Gasteiger partial charge in [-0.05, 0) is 67.5 Å². The van der Waals surface area contributed by atoms with Crippen molar-refractivity contribution in [3.05, 3.63) is 75.3 Å². The molecule has 1 amide bonds. The molecule has 1 atom stereocenters. The SMILES string of the molecule is Cc1cc(C)c(C)c(S(=O)(=O)N2Cc3ccccc3C[C@@H]2C(=O)Nc2nccs2)c1C. The highest BCUT2D eigenvalue weighted by Crippen LogP contribution is 2.34. The van der Waals surface area contributed by atoms with Gasteiger partial charge in [-0.2, -0.15) is 4.31 Å².